The maximum absolute atomic E-state index is 11.7. The summed E-state index contributed by atoms with van der Waals surface area (Å²) in [5.74, 6) is 0. The lowest BCUT2D eigenvalue weighted by molar-refractivity contribution is 0.180. The van der Waals surface area contributed by atoms with Crippen molar-refractivity contribution in [1.29, 1.82) is 0 Å². The summed E-state index contributed by atoms with van der Waals surface area (Å²) in [5, 5.41) is 0. The minimum absolute atomic E-state index is 0.366. The first-order valence-electron chi connectivity index (χ1n) is 7.33. The molecule has 0 spiro atoms. The van der Waals surface area contributed by atoms with Gasteiger partial charge in [-0.3, -0.25) is 4.90 Å². The van der Waals surface area contributed by atoms with Crippen molar-refractivity contribution in [2.75, 3.05) is 19.1 Å². The zero-order chi connectivity index (χ0) is 15.5. The molecule has 0 atom stereocenters. The summed E-state index contributed by atoms with van der Waals surface area (Å²) in [4.78, 5) is 20.4. The lowest BCUT2D eigenvalue weighted by Crippen LogP contribution is -2.26. The van der Waals surface area contributed by atoms with Gasteiger partial charge in [-0.2, -0.15) is 0 Å². The third kappa shape index (κ3) is 2.74. The van der Waals surface area contributed by atoms with Crippen molar-refractivity contribution >= 4 is 23.4 Å². The summed E-state index contributed by atoms with van der Waals surface area (Å²) in [5.41, 5.74) is 5.62. The van der Waals surface area contributed by atoms with Gasteiger partial charge in [-0.15, -0.1) is 0 Å². The van der Waals surface area contributed by atoms with Gasteiger partial charge >= 0.3 is 6.09 Å². The summed E-state index contributed by atoms with van der Waals surface area (Å²) >= 11 is 0. The standard InChI is InChI=1S/C17H19N3O2/c1-20(17(21)22-2)15-7-6-12-4-3-5-13(16(12)9-15)8-14-10-18-11-19-14/h6-11H,3-5H2,1-2H3,(H,18,19). The molecule has 0 saturated carbocycles. The molecular formula is C17H19N3O2. The molecule has 3 rings (SSSR count). The highest BCUT2D eigenvalue weighted by Crippen LogP contribution is 2.34. The fraction of sp³-hybridized carbons (Fsp3) is 0.294. The molecule has 114 valence electrons. The monoisotopic (exact) mass is 297 g/mol. The number of aromatic nitrogens is 2. The molecule has 5 heteroatoms. The topological polar surface area (TPSA) is 58.2 Å². The Labute approximate surface area is 129 Å². The van der Waals surface area contributed by atoms with Crippen LogP contribution in [-0.4, -0.2) is 30.2 Å². The molecule has 1 heterocycles. The van der Waals surface area contributed by atoms with Crippen LogP contribution < -0.4 is 4.90 Å². The highest BCUT2D eigenvalue weighted by Gasteiger charge is 2.18. The zero-order valence-electron chi connectivity index (χ0n) is 12.8. The Morgan fingerprint density at radius 1 is 1.41 bits per heavy atom. The van der Waals surface area contributed by atoms with E-state index in [-0.39, 0.29) is 6.09 Å². The molecule has 1 aliphatic rings. The van der Waals surface area contributed by atoms with Gasteiger partial charge in [0.25, 0.3) is 0 Å². The predicted octanol–water partition coefficient (Wildman–Crippen LogP) is 3.49. The summed E-state index contributed by atoms with van der Waals surface area (Å²) in [6.07, 6.45) is 8.49. The number of fused-ring (bicyclic) bond motifs is 1. The first-order valence-corrected chi connectivity index (χ1v) is 7.33. The van der Waals surface area contributed by atoms with Crippen LogP contribution in [0.5, 0.6) is 0 Å². The molecule has 1 aliphatic carbocycles. The van der Waals surface area contributed by atoms with Crippen LogP contribution in [0.15, 0.2) is 30.7 Å². The number of hydrogen-bond donors (Lipinski definition) is 1. The molecule has 1 amide bonds. The number of imidazole rings is 1. The lowest BCUT2D eigenvalue weighted by Gasteiger charge is -2.22. The molecule has 0 saturated heterocycles. The number of carbonyl (C=O) groups excluding carboxylic acids is 1. The van der Waals surface area contributed by atoms with Gasteiger partial charge in [0.1, 0.15) is 0 Å². The minimum Gasteiger partial charge on any atom is -0.452 e. The van der Waals surface area contributed by atoms with Crippen LogP contribution in [0.1, 0.15) is 29.7 Å². The Morgan fingerprint density at radius 3 is 3.00 bits per heavy atom. The van der Waals surface area contributed by atoms with Crippen LogP contribution in [-0.2, 0) is 11.2 Å². The first kappa shape index (κ1) is 14.4. The third-order valence-corrected chi connectivity index (χ3v) is 4.02. The van der Waals surface area contributed by atoms with Crippen molar-refractivity contribution in [3.63, 3.8) is 0 Å². The van der Waals surface area contributed by atoms with Gasteiger partial charge in [-0.05, 0) is 54.2 Å². The minimum atomic E-state index is -0.366. The SMILES string of the molecule is COC(=O)N(C)c1ccc2c(c1)C(=Cc1cnc[nH]1)CCC2. The fourth-order valence-electron chi connectivity index (χ4n) is 2.82. The van der Waals surface area contributed by atoms with Crippen LogP contribution in [0.4, 0.5) is 10.5 Å². The number of H-pyrrole nitrogens is 1. The molecular weight excluding hydrogens is 278 g/mol. The van der Waals surface area contributed by atoms with Gasteiger partial charge in [0.15, 0.2) is 0 Å². The summed E-state index contributed by atoms with van der Waals surface area (Å²) in [6.45, 7) is 0. The highest BCUT2D eigenvalue weighted by atomic mass is 16.5. The Hall–Kier alpha value is -2.56. The van der Waals surface area contributed by atoms with Crippen LogP contribution in [0.3, 0.4) is 0 Å². The highest BCUT2D eigenvalue weighted by molar-refractivity contribution is 5.90. The van der Waals surface area contributed by atoms with E-state index in [1.165, 1.54) is 28.7 Å². The first-order chi connectivity index (χ1) is 10.7. The van der Waals surface area contributed by atoms with E-state index in [2.05, 4.69) is 28.2 Å². The number of carbonyl (C=O) groups is 1. The molecule has 0 fully saturated rings. The summed E-state index contributed by atoms with van der Waals surface area (Å²) < 4.78 is 4.78. The Morgan fingerprint density at radius 2 is 2.27 bits per heavy atom. The molecule has 1 aromatic heterocycles. The van der Waals surface area contributed by atoms with E-state index in [1.54, 1.807) is 13.4 Å². The van der Waals surface area contributed by atoms with Gasteiger partial charge in [0, 0.05) is 12.7 Å². The molecule has 0 radical (unpaired) electrons. The number of allylic oxidation sites excluding steroid dienone is 1. The Kier molecular flexibility index (Phi) is 3.96. The molecule has 0 bridgehead atoms. The van der Waals surface area contributed by atoms with Gasteiger partial charge in [-0.25, -0.2) is 9.78 Å². The van der Waals surface area contributed by atoms with Crippen LogP contribution in [0.25, 0.3) is 11.6 Å². The van der Waals surface area contributed by atoms with E-state index in [1.807, 2.05) is 12.3 Å². The molecule has 1 aromatic carbocycles. The van der Waals surface area contributed by atoms with Crippen molar-refractivity contribution in [2.45, 2.75) is 19.3 Å². The smallest absolute Gasteiger partial charge is 0.413 e. The number of nitrogens with one attached hydrogen (secondary N) is 1. The van der Waals surface area contributed by atoms with E-state index < -0.39 is 0 Å². The molecule has 1 N–H and O–H groups in total. The maximum Gasteiger partial charge on any atom is 0.413 e. The number of hydrogen-bond acceptors (Lipinski definition) is 3. The third-order valence-electron chi connectivity index (χ3n) is 4.02. The molecule has 5 nitrogen and oxygen atoms in total. The largest absolute Gasteiger partial charge is 0.452 e. The Balaban J connectivity index is 2.00. The van der Waals surface area contributed by atoms with Crippen LogP contribution in [0.2, 0.25) is 0 Å². The number of aryl methyl sites for hydroxylation is 1. The van der Waals surface area contributed by atoms with Crippen molar-refractivity contribution in [1.82, 2.24) is 9.97 Å². The number of ether oxygens (including phenoxy) is 1. The van der Waals surface area contributed by atoms with E-state index in [9.17, 15) is 4.79 Å². The number of rotatable bonds is 2. The van der Waals surface area contributed by atoms with Gasteiger partial charge in [-0.1, -0.05) is 6.07 Å². The Bertz CT molecular complexity index is 705. The van der Waals surface area contributed by atoms with E-state index in [0.717, 1.165) is 30.6 Å². The quantitative estimate of drug-likeness (QED) is 0.923. The average molecular weight is 297 g/mol. The number of aromatic amines is 1. The second kappa shape index (κ2) is 6.05. The fourth-order valence-corrected chi connectivity index (χ4v) is 2.82. The number of benzene rings is 1. The number of nitrogens with zero attached hydrogens (tertiary/aromatic N) is 2. The van der Waals surface area contributed by atoms with Crippen LogP contribution in [0, 0.1) is 0 Å². The predicted molar refractivity (Wildman–Crippen MR) is 86.6 cm³/mol. The normalized spacial score (nSPS) is 15.5. The zero-order valence-corrected chi connectivity index (χ0v) is 12.8. The molecule has 2 aromatic rings. The van der Waals surface area contributed by atoms with Crippen molar-refractivity contribution in [3.05, 3.63) is 47.5 Å². The van der Waals surface area contributed by atoms with E-state index in [0.29, 0.717) is 0 Å². The van der Waals surface area contributed by atoms with Gasteiger partial charge in [0.2, 0.25) is 0 Å². The summed E-state index contributed by atoms with van der Waals surface area (Å²) in [6, 6.07) is 6.13. The van der Waals surface area contributed by atoms with Gasteiger partial charge < -0.3 is 9.72 Å². The van der Waals surface area contributed by atoms with E-state index >= 15 is 0 Å². The number of anilines is 1. The van der Waals surface area contributed by atoms with E-state index in [4.69, 9.17) is 4.74 Å². The van der Waals surface area contributed by atoms with Crippen molar-refractivity contribution in [3.8, 4) is 0 Å². The second-order valence-electron chi connectivity index (χ2n) is 5.40. The van der Waals surface area contributed by atoms with Crippen molar-refractivity contribution in [2.24, 2.45) is 0 Å². The summed E-state index contributed by atoms with van der Waals surface area (Å²) in [7, 11) is 3.11. The average Bonchev–Trinajstić information content (AvgIpc) is 3.06. The lowest BCUT2D eigenvalue weighted by atomic mass is 9.86. The number of amides is 1. The molecule has 22 heavy (non-hydrogen) atoms. The second-order valence-corrected chi connectivity index (χ2v) is 5.40. The number of methoxy groups -OCH3 is 1. The maximum atomic E-state index is 11.7. The van der Waals surface area contributed by atoms with Crippen LogP contribution >= 0.6 is 0 Å². The molecule has 0 unspecified atom stereocenters. The van der Waals surface area contributed by atoms with Crippen molar-refractivity contribution < 1.29 is 9.53 Å². The van der Waals surface area contributed by atoms with Gasteiger partial charge in [0.05, 0.1) is 25.3 Å². The molecule has 0 aliphatic heterocycles.